The molecule has 0 bridgehead atoms. The number of hydrogen-bond donors (Lipinski definition) is 0. The lowest BCUT2D eigenvalue weighted by atomic mass is 9.79. The smallest absolute Gasteiger partial charge is 0.0391 e. The van der Waals surface area contributed by atoms with E-state index in [1.54, 1.807) is 0 Å². The van der Waals surface area contributed by atoms with Gasteiger partial charge in [0, 0.05) is 0 Å². The minimum Gasteiger partial charge on any atom is -0.0651 e. The Morgan fingerprint density at radius 1 is 1.22 bits per heavy atom. The second kappa shape index (κ2) is 3.24. The highest BCUT2D eigenvalue weighted by atomic mass is 14.2. The lowest BCUT2D eigenvalue weighted by Crippen LogP contribution is -2.15. The molecule has 1 saturated carbocycles. The fraction of sp³-hybridized carbons (Fsp3) is 1.00. The van der Waals surface area contributed by atoms with Crippen molar-refractivity contribution in [3.05, 3.63) is 0 Å². The maximum Gasteiger partial charge on any atom is -0.0391 e. The van der Waals surface area contributed by atoms with Gasteiger partial charge >= 0.3 is 0 Å². The van der Waals surface area contributed by atoms with E-state index in [9.17, 15) is 0 Å². The molecule has 0 aromatic heterocycles. The van der Waals surface area contributed by atoms with E-state index in [0.29, 0.717) is 0 Å². The van der Waals surface area contributed by atoms with Gasteiger partial charge in [0.2, 0.25) is 0 Å². The van der Waals surface area contributed by atoms with E-state index in [0.717, 1.165) is 11.8 Å². The van der Waals surface area contributed by atoms with Crippen LogP contribution in [0, 0.1) is 11.8 Å². The van der Waals surface area contributed by atoms with E-state index >= 15 is 0 Å². The predicted molar refractivity (Wildman–Crippen MR) is 41.4 cm³/mol. The van der Waals surface area contributed by atoms with Gasteiger partial charge in [0.25, 0.3) is 0 Å². The third-order valence-corrected chi connectivity index (χ3v) is 2.81. The molecule has 0 aromatic rings. The normalized spacial score (nSPS) is 36.7. The van der Waals surface area contributed by atoms with Crippen molar-refractivity contribution >= 4 is 0 Å². The molecule has 0 spiro atoms. The lowest BCUT2D eigenvalue weighted by molar-refractivity contribution is 0.249. The van der Waals surface area contributed by atoms with E-state index in [1.807, 2.05) is 0 Å². The van der Waals surface area contributed by atoms with Crippen LogP contribution in [0.2, 0.25) is 0 Å². The van der Waals surface area contributed by atoms with Crippen LogP contribution in [0.4, 0.5) is 0 Å². The van der Waals surface area contributed by atoms with Crippen molar-refractivity contribution in [3.8, 4) is 0 Å². The lowest BCUT2D eigenvalue weighted by Gasteiger charge is -2.27. The van der Waals surface area contributed by atoms with E-state index < -0.39 is 0 Å². The molecule has 2 atom stereocenters. The summed E-state index contributed by atoms with van der Waals surface area (Å²) < 4.78 is 0. The second-order valence-corrected chi connectivity index (χ2v) is 3.43. The molecule has 0 unspecified atom stereocenters. The van der Waals surface area contributed by atoms with E-state index in [4.69, 9.17) is 0 Å². The summed E-state index contributed by atoms with van der Waals surface area (Å²) in [5.74, 6) is 2.07. The van der Waals surface area contributed by atoms with E-state index in [2.05, 4.69) is 13.8 Å². The summed E-state index contributed by atoms with van der Waals surface area (Å²) in [5, 5.41) is 0. The Labute approximate surface area is 58.7 Å². The Balaban J connectivity index is 2.30. The van der Waals surface area contributed by atoms with Gasteiger partial charge in [0.1, 0.15) is 0 Å². The molecule has 54 valence electrons. The fourth-order valence-electron chi connectivity index (χ4n) is 2.00. The highest BCUT2D eigenvalue weighted by molar-refractivity contribution is 4.70. The molecule has 0 amide bonds. The van der Waals surface area contributed by atoms with Crippen molar-refractivity contribution in [2.45, 2.75) is 46.0 Å². The fourth-order valence-corrected chi connectivity index (χ4v) is 2.00. The maximum absolute atomic E-state index is 2.41. The largest absolute Gasteiger partial charge is 0.0651 e. The van der Waals surface area contributed by atoms with Crippen molar-refractivity contribution in [1.29, 1.82) is 0 Å². The van der Waals surface area contributed by atoms with Gasteiger partial charge in [-0.1, -0.05) is 46.0 Å². The van der Waals surface area contributed by atoms with Crippen molar-refractivity contribution in [2.75, 3.05) is 0 Å². The molecule has 0 nitrogen and oxygen atoms in total. The molecule has 0 saturated heterocycles. The third-order valence-electron chi connectivity index (χ3n) is 2.81. The molecule has 0 heterocycles. The average molecular weight is 126 g/mol. The van der Waals surface area contributed by atoms with Crippen LogP contribution in [0.3, 0.4) is 0 Å². The standard InChI is InChI=1S/C9H18/c1-3-9-7-5-4-6-8(9)2/h8-9H,3-7H2,1-2H3/t8-,9+/m1/s1. The zero-order valence-electron chi connectivity index (χ0n) is 6.69. The van der Waals surface area contributed by atoms with Gasteiger partial charge in [-0.2, -0.15) is 0 Å². The second-order valence-electron chi connectivity index (χ2n) is 3.43. The molecular weight excluding hydrogens is 108 g/mol. The summed E-state index contributed by atoms with van der Waals surface area (Å²) >= 11 is 0. The molecule has 0 aliphatic heterocycles. The first-order chi connectivity index (χ1) is 4.34. The van der Waals surface area contributed by atoms with Crippen LogP contribution in [-0.2, 0) is 0 Å². The number of hydrogen-bond acceptors (Lipinski definition) is 0. The van der Waals surface area contributed by atoms with Crippen LogP contribution in [-0.4, -0.2) is 0 Å². The SMILES string of the molecule is CC[C@H]1CCCC[C@H]1C. The Kier molecular flexibility index (Phi) is 2.56. The van der Waals surface area contributed by atoms with Crippen LogP contribution < -0.4 is 0 Å². The quantitative estimate of drug-likeness (QED) is 0.506. The Morgan fingerprint density at radius 2 is 1.89 bits per heavy atom. The van der Waals surface area contributed by atoms with E-state index in [1.165, 1.54) is 32.1 Å². The zero-order valence-corrected chi connectivity index (χ0v) is 6.69. The molecule has 1 rings (SSSR count). The topological polar surface area (TPSA) is 0 Å². The van der Waals surface area contributed by atoms with Crippen molar-refractivity contribution in [3.63, 3.8) is 0 Å². The van der Waals surface area contributed by atoms with Gasteiger partial charge in [-0.05, 0) is 11.8 Å². The van der Waals surface area contributed by atoms with Gasteiger partial charge in [0.15, 0.2) is 0 Å². The summed E-state index contributed by atoms with van der Waals surface area (Å²) in [7, 11) is 0. The van der Waals surface area contributed by atoms with Gasteiger partial charge in [0.05, 0.1) is 0 Å². The molecule has 9 heavy (non-hydrogen) atoms. The van der Waals surface area contributed by atoms with Gasteiger partial charge in [-0.3, -0.25) is 0 Å². The Morgan fingerprint density at radius 3 is 2.33 bits per heavy atom. The van der Waals surface area contributed by atoms with Crippen molar-refractivity contribution in [2.24, 2.45) is 11.8 Å². The first-order valence-corrected chi connectivity index (χ1v) is 4.34. The molecule has 0 heteroatoms. The summed E-state index contributed by atoms with van der Waals surface area (Å²) in [6, 6.07) is 0. The van der Waals surface area contributed by atoms with Gasteiger partial charge in [-0.25, -0.2) is 0 Å². The van der Waals surface area contributed by atoms with Crippen LogP contribution in [0.25, 0.3) is 0 Å². The molecule has 0 aromatic carbocycles. The minimum atomic E-state index is 1.02. The Hall–Kier alpha value is 0. The first kappa shape index (κ1) is 7.11. The molecule has 1 aliphatic carbocycles. The maximum atomic E-state index is 2.41. The number of rotatable bonds is 1. The highest BCUT2D eigenvalue weighted by Crippen LogP contribution is 2.31. The third kappa shape index (κ3) is 1.70. The van der Waals surface area contributed by atoms with E-state index in [-0.39, 0.29) is 0 Å². The van der Waals surface area contributed by atoms with Crippen LogP contribution in [0.5, 0.6) is 0 Å². The highest BCUT2D eigenvalue weighted by Gasteiger charge is 2.18. The summed E-state index contributed by atoms with van der Waals surface area (Å²) in [6.07, 6.45) is 7.36. The van der Waals surface area contributed by atoms with Crippen LogP contribution >= 0.6 is 0 Å². The summed E-state index contributed by atoms with van der Waals surface area (Å²) in [4.78, 5) is 0. The summed E-state index contributed by atoms with van der Waals surface area (Å²) in [5.41, 5.74) is 0. The predicted octanol–water partition coefficient (Wildman–Crippen LogP) is 3.22. The van der Waals surface area contributed by atoms with Crippen molar-refractivity contribution in [1.82, 2.24) is 0 Å². The van der Waals surface area contributed by atoms with Gasteiger partial charge in [-0.15, -0.1) is 0 Å². The zero-order chi connectivity index (χ0) is 6.69. The Bertz CT molecular complexity index is 76.1. The molecule has 0 radical (unpaired) electrons. The van der Waals surface area contributed by atoms with Crippen LogP contribution in [0.1, 0.15) is 46.0 Å². The molecule has 1 aliphatic rings. The average Bonchev–Trinajstić information content (AvgIpc) is 1.89. The first-order valence-electron chi connectivity index (χ1n) is 4.34. The molecule has 0 N–H and O–H groups in total. The van der Waals surface area contributed by atoms with Crippen LogP contribution in [0.15, 0.2) is 0 Å². The summed E-state index contributed by atoms with van der Waals surface area (Å²) in [6.45, 7) is 4.74. The molecular formula is C9H18. The van der Waals surface area contributed by atoms with Crippen molar-refractivity contribution < 1.29 is 0 Å². The molecule has 1 fully saturated rings. The minimum absolute atomic E-state index is 1.02. The monoisotopic (exact) mass is 126 g/mol. The van der Waals surface area contributed by atoms with Gasteiger partial charge < -0.3 is 0 Å².